The van der Waals surface area contributed by atoms with Gasteiger partial charge in [0, 0.05) is 25.6 Å². The molecule has 0 aromatic carbocycles. The number of carbonyl (C=O) groups is 2. The second-order valence-electron chi connectivity index (χ2n) is 6.13. The molecule has 2 aliphatic rings. The summed E-state index contributed by atoms with van der Waals surface area (Å²) in [4.78, 5) is 28.4. The van der Waals surface area contributed by atoms with Crippen molar-refractivity contribution in [3.63, 3.8) is 0 Å². The molecule has 2 unspecified atom stereocenters. The summed E-state index contributed by atoms with van der Waals surface area (Å²) >= 11 is 0. The van der Waals surface area contributed by atoms with Crippen molar-refractivity contribution in [2.45, 2.75) is 45.2 Å². The first-order chi connectivity index (χ1) is 10.1. The van der Waals surface area contributed by atoms with E-state index >= 15 is 0 Å². The van der Waals surface area contributed by atoms with Crippen LogP contribution in [0.4, 0.5) is 0 Å². The number of piperidine rings is 1. The number of hydrogen-bond donors (Lipinski definition) is 0. The highest BCUT2D eigenvalue weighted by Gasteiger charge is 2.38. The van der Waals surface area contributed by atoms with E-state index in [0.29, 0.717) is 25.6 Å². The number of furan rings is 1. The molecule has 1 aromatic rings. The second kappa shape index (κ2) is 5.92. The lowest BCUT2D eigenvalue weighted by Gasteiger charge is -2.35. The van der Waals surface area contributed by atoms with Crippen LogP contribution >= 0.6 is 0 Å². The van der Waals surface area contributed by atoms with Crippen molar-refractivity contribution in [1.82, 2.24) is 9.80 Å². The van der Waals surface area contributed by atoms with Crippen LogP contribution in [0.25, 0.3) is 0 Å². The lowest BCUT2D eigenvalue weighted by atomic mass is 9.99. The first-order valence-corrected chi connectivity index (χ1v) is 7.76. The van der Waals surface area contributed by atoms with Gasteiger partial charge in [-0.15, -0.1) is 0 Å². The summed E-state index contributed by atoms with van der Waals surface area (Å²) in [6.07, 6.45) is 5.28. The second-order valence-corrected chi connectivity index (χ2v) is 6.13. The topological polar surface area (TPSA) is 53.8 Å². The van der Waals surface area contributed by atoms with Gasteiger partial charge in [-0.05, 0) is 38.3 Å². The molecule has 5 heteroatoms. The van der Waals surface area contributed by atoms with Crippen molar-refractivity contribution in [2.75, 3.05) is 13.1 Å². The lowest BCUT2D eigenvalue weighted by molar-refractivity contribution is -0.139. The fraction of sp³-hybridized carbons (Fsp3) is 0.625. The van der Waals surface area contributed by atoms with E-state index < -0.39 is 0 Å². The fourth-order valence-electron chi connectivity index (χ4n) is 3.34. The SMILES string of the molecule is CC1CCCCN1C(=O)C1CC(=O)N(Cc2ccco2)C1. The highest BCUT2D eigenvalue weighted by Crippen LogP contribution is 2.25. The van der Waals surface area contributed by atoms with Crippen LogP contribution in [-0.2, 0) is 16.1 Å². The number of hydrogen-bond acceptors (Lipinski definition) is 3. The maximum absolute atomic E-state index is 12.6. The van der Waals surface area contributed by atoms with Gasteiger partial charge < -0.3 is 14.2 Å². The molecule has 2 fully saturated rings. The highest BCUT2D eigenvalue weighted by molar-refractivity contribution is 5.89. The Morgan fingerprint density at radius 1 is 1.43 bits per heavy atom. The van der Waals surface area contributed by atoms with E-state index in [4.69, 9.17) is 4.42 Å². The van der Waals surface area contributed by atoms with Crippen molar-refractivity contribution in [2.24, 2.45) is 5.92 Å². The van der Waals surface area contributed by atoms with E-state index in [1.807, 2.05) is 17.0 Å². The molecular weight excluding hydrogens is 268 g/mol. The molecule has 5 nitrogen and oxygen atoms in total. The maximum atomic E-state index is 12.6. The molecule has 0 saturated carbocycles. The van der Waals surface area contributed by atoms with Gasteiger partial charge in [0.05, 0.1) is 18.7 Å². The summed E-state index contributed by atoms with van der Waals surface area (Å²) in [6, 6.07) is 3.98. The summed E-state index contributed by atoms with van der Waals surface area (Å²) in [5.74, 6) is 0.780. The van der Waals surface area contributed by atoms with Crippen LogP contribution in [0.15, 0.2) is 22.8 Å². The Labute approximate surface area is 124 Å². The summed E-state index contributed by atoms with van der Waals surface area (Å²) in [5, 5.41) is 0. The van der Waals surface area contributed by atoms with Crippen molar-refractivity contribution in [3.05, 3.63) is 24.2 Å². The number of carbonyl (C=O) groups excluding carboxylic acids is 2. The predicted molar refractivity (Wildman–Crippen MR) is 77.3 cm³/mol. The van der Waals surface area contributed by atoms with E-state index in [0.717, 1.165) is 25.1 Å². The fourth-order valence-corrected chi connectivity index (χ4v) is 3.34. The Bertz CT molecular complexity index is 512. The van der Waals surface area contributed by atoms with Crippen LogP contribution in [0.2, 0.25) is 0 Å². The third-order valence-electron chi connectivity index (χ3n) is 4.58. The normalized spacial score (nSPS) is 26.4. The van der Waals surface area contributed by atoms with Crippen LogP contribution < -0.4 is 0 Å². The standard InChI is InChI=1S/C16H22N2O3/c1-12-5-2-3-7-18(12)16(20)13-9-15(19)17(10-13)11-14-6-4-8-21-14/h4,6,8,12-13H,2-3,5,7,9-11H2,1H3. The van der Waals surface area contributed by atoms with Gasteiger partial charge in [-0.3, -0.25) is 9.59 Å². The van der Waals surface area contributed by atoms with Crippen molar-refractivity contribution in [3.8, 4) is 0 Å². The molecule has 0 bridgehead atoms. The minimum Gasteiger partial charge on any atom is -0.467 e. The molecule has 0 radical (unpaired) electrons. The van der Waals surface area contributed by atoms with E-state index in [-0.39, 0.29) is 17.7 Å². The molecule has 3 rings (SSSR count). The van der Waals surface area contributed by atoms with Crippen LogP contribution in [0.5, 0.6) is 0 Å². The van der Waals surface area contributed by atoms with Crippen LogP contribution in [0.3, 0.4) is 0 Å². The Kier molecular flexibility index (Phi) is 3.99. The smallest absolute Gasteiger partial charge is 0.228 e. The number of rotatable bonds is 3. The Hall–Kier alpha value is -1.78. The van der Waals surface area contributed by atoms with Crippen LogP contribution in [0.1, 0.15) is 38.4 Å². The first-order valence-electron chi connectivity index (χ1n) is 7.76. The van der Waals surface area contributed by atoms with Crippen molar-refractivity contribution < 1.29 is 14.0 Å². The zero-order valence-electron chi connectivity index (χ0n) is 12.5. The van der Waals surface area contributed by atoms with Gasteiger partial charge in [-0.1, -0.05) is 0 Å². The molecular formula is C16H22N2O3. The minimum atomic E-state index is -0.187. The third kappa shape index (κ3) is 2.96. The summed E-state index contributed by atoms with van der Waals surface area (Å²) in [6.45, 7) is 3.92. The maximum Gasteiger partial charge on any atom is 0.228 e. The lowest BCUT2D eigenvalue weighted by Crippen LogP contribution is -2.45. The molecule has 0 N–H and O–H groups in total. The number of amides is 2. The zero-order valence-corrected chi connectivity index (χ0v) is 12.5. The molecule has 1 aromatic heterocycles. The quantitative estimate of drug-likeness (QED) is 0.856. The summed E-state index contributed by atoms with van der Waals surface area (Å²) in [7, 11) is 0. The molecule has 2 saturated heterocycles. The van der Waals surface area contributed by atoms with Gasteiger partial charge in [-0.2, -0.15) is 0 Å². The van der Waals surface area contributed by atoms with E-state index in [1.54, 1.807) is 11.2 Å². The molecule has 0 spiro atoms. The van der Waals surface area contributed by atoms with Crippen molar-refractivity contribution >= 4 is 11.8 Å². The molecule has 2 atom stereocenters. The molecule has 2 aliphatic heterocycles. The molecule has 21 heavy (non-hydrogen) atoms. The number of nitrogens with zero attached hydrogens (tertiary/aromatic N) is 2. The van der Waals surface area contributed by atoms with Gasteiger partial charge in [0.2, 0.25) is 11.8 Å². The largest absolute Gasteiger partial charge is 0.467 e. The summed E-state index contributed by atoms with van der Waals surface area (Å²) < 4.78 is 5.28. The molecule has 114 valence electrons. The Morgan fingerprint density at radius 2 is 2.29 bits per heavy atom. The predicted octanol–water partition coefficient (Wildman–Crippen LogP) is 2.03. The third-order valence-corrected chi connectivity index (χ3v) is 4.58. The Balaban J connectivity index is 1.62. The Morgan fingerprint density at radius 3 is 3.00 bits per heavy atom. The van der Waals surface area contributed by atoms with Gasteiger partial charge >= 0.3 is 0 Å². The highest BCUT2D eigenvalue weighted by atomic mass is 16.3. The monoisotopic (exact) mass is 290 g/mol. The van der Waals surface area contributed by atoms with Gasteiger partial charge in [0.25, 0.3) is 0 Å². The van der Waals surface area contributed by atoms with Crippen LogP contribution in [0, 0.1) is 5.92 Å². The van der Waals surface area contributed by atoms with E-state index in [1.165, 1.54) is 6.42 Å². The van der Waals surface area contributed by atoms with Gasteiger partial charge in [0.15, 0.2) is 0 Å². The zero-order chi connectivity index (χ0) is 14.8. The average Bonchev–Trinajstić information content (AvgIpc) is 3.10. The average molecular weight is 290 g/mol. The molecule has 2 amide bonds. The van der Waals surface area contributed by atoms with E-state index in [2.05, 4.69) is 6.92 Å². The minimum absolute atomic E-state index is 0.0504. The number of likely N-dealkylation sites (tertiary alicyclic amines) is 2. The first kappa shape index (κ1) is 14.2. The van der Waals surface area contributed by atoms with E-state index in [9.17, 15) is 9.59 Å². The van der Waals surface area contributed by atoms with Crippen LogP contribution in [-0.4, -0.2) is 40.7 Å². The van der Waals surface area contributed by atoms with Gasteiger partial charge in [-0.25, -0.2) is 0 Å². The molecule has 3 heterocycles. The summed E-state index contributed by atoms with van der Waals surface area (Å²) in [5.41, 5.74) is 0. The van der Waals surface area contributed by atoms with Crippen molar-refractivity contribution in [1.29, 1.82) is 0 Å². The molecule has 0 aliphatic carbocycles. The van der Waals surface area contributed by atoms with Gasteiger partial charge in [0.1, 0.15) is 5.76 Å².